The second-order valence-electron chi connectivity index (χ2n) is 4.50. The lowest BCUT2D eigenvalue weighted by atomic mass is 10.3. The van der Waals surface area contributed by atoms with E-state index < -0.39 is 0 Å². The van der Waals surface area contributed by atoms with Crippen LogP contribution in [-0.4, -0.2) is 29.5 Å². The Morgan fingerprint density at radius 1 is 1.56 bits per heavy atom. The molecule has 1 saturated carbocycles. The highest BCUT2D eigenvalue weighted by atomic mass is 16.6. The van der Waals surface area contributed by atoms with Crippen molar-refractivity contribution in [1.82, 2.24) is 4.98 Å². The van der Waals surface area contributed by atoms with E-state index in [0.29, 0.717) is 17.7 Å². The minimum atomic E-state index is -0.372. The van der Waals surface area contributed by atoms with E-state index in [0.717, 1.165) is 25.8 Å². The summed E-state index contributed by atoms with van der Waals surface area (Å²) in [5.41, 5.74) is 0.0890. The third kappa shape index (κ3) is 2.69. The summed E-state index contributed by atoms with van der Waals surface area (Å²) in [5, 5.41) is 13.8. The van der Waals surface area contributed by atoms with Crippen molar-refractivity contribution in [2.75, 3.05) is 23.8 Å². The van der Waals surface area contributed by atoms with Crippen LogP contribution in [0.2, 0.25) is 0 Å². The molecule has 6 heteroatoms. The Kier molecular flexibility index (Phi) is 3.64. The summed E-state index contributed by atoms with van der Waals surface area (Å²) in [4.78, 5) is 17.1. The van der Waals surface area contributed by atoms with E-state index in [1.165, 1.54) is 6.07 Å². The number of rotatable bonds is 6. The molecule has 0 atom stereocenters. The maximum atomic E-state index is 10.9. The monoisotopic (exact) mass is 250 g/mol. The molecule has 0 radical (unpaired) electrons. The zero-order valence-electron chi connectivity index (χ0n) is 10.7. The highest BCUT2D eigenvalue weighted by molar-refractivity contribution is 5.56. The fraction of sp³-hybridized carbons (Fsp3) is 0.583. The van der Waals surface area contributed by atoms with Gasteiger partial charge in [0.25, 0.3) is 5.69 Å². The Morgan fingerprint density at radius 3 is 2.78 bits per heavy atom. The number of pyridine rings is 1. The molecule has 2 rings (SSSR count). The molecule has 0 amide bonds. The summed E-state index contributed by atoms with van der Waals surface area (Å²) in [6.07, 6.45) is 3.31. The van der Waals surface area contributed by atoms with Crippen LogP contribution in [0.4, 0.5) is 17.3 Å². The van der Waals surface area contributed by atoms with Crippen molar-refractivity contribution in [2.24, 2.45) is 0 Å². The van der Waals surface area contributed by atoms with Crippen LogP contribution in [0.3, 0.4) is 0 Å². The molecule has 1 aromatic rings. The Balaban J connectivity index is 2.34. The molecule has 98 valence electrons. The molecule has 1 N–H and O–H groups in total. The first kappa shape index (κ1) is 12.6. The molecular formula is C12H18N4O2. The molecule has 1 heterocycles. The summed E-state index contributed by atoms with van der Waals surface area (Å²) in [6.45, 7) is 2.99. The number of hydrogen-bond donors (Lipinski definition) is 1. The SMILES string of the molecule is CCCN(c1cc([N+](=O)[O-])cc(NC)n1)C1CC1. The van der Waals surface area contributed by atoms with Crippen molar-refractivity contribution in [2.45, 2.75) is 32.2 Å². The van der Waals surface area contributed by atoms with Gasteiger partial charge in [-0.2, -0.15) is 0 Å². The van der Waals surface area contributed by atoms with E-state index in [1.807, 2.05) is 0 Å². The Bertz CT molecular complexity index is 446. The molecule has 0 saturated heterocycles. The van der Waals surface area contributed by atoms with Crippen LogP contribution >= 0.6 is 0 Å². The minimum absolute atomic E-state index is 0.0890. The van der Waals surface area contributed by atoms with E-state index in [-0.39, 0.29) is 10.6 Å². The van der Waals surface area contributed by atoms with Gasteiger partial charge in [0.15, 0.2) is 0 Å². The molecule has 0 spiro atoms. The fourth-order valence-electron chi connectivity index (χ4n) is 1.99. The Hall–Kier alpha value is -1.85. The highest BCUT2D eigenvalue weighted by Crippen LogP contribution is 2.33. The molecular weight excluding hydrogens is 232 g/mol. The van der Waals surface area contributed by atoms with Crippen molar-refractivity contribution in [1.29, 1.82) is 0 Å². The second-order valence-corrected chi connectivity index (χ2v) is 4.50. The average molecular weight is 250 g/mol. The standard InChI is InChI=1S/C12H18N4O2/c1-3-6-15(9-4-5-9)12-8-10(16(17)18)7-11(13-2)14-12/h7-9H,3-6H2,1-2H3,(H,13,14). The maximum Gasteiger partial charge on any atom is 0.276 e. The van der Waals surface area contributed by atoms with E-state index in [9.17, 15) is 10.1 Å². The lowest BCUT2D eigenvalue weighted by Gasteiger charge is -2.23. The fourth-order valence-corrected chi connectivity index (χ4v) is 1.99. The number of nitro groups is 1. The van der Waals surface area contributed by atoms with Crippen molar-refractivity contribution >= 4 is 17.3 Å². The van der Waals surface area contributed by atoms with Crippen LogP contribution in [0, 0.1) is 10.1 Å². The molecule has 1 aromatic heterocycles. The third-order valence-electron chi connectivity index (χ3n) is 3.01. The first-order chi connectivity index (χ1) is 8.65. The van der Waals surface area contributed by atoms with Gasteiger partial charge in [-0.3, -0.25) is 10.1 Å². The molecule has 0 bridgehead atoms. The number of nitrogens with one attached hydrogen (secondary N) is 1. The summed E-state index contributed by atoms with van der Waals surface area (Å²) in [7, 11) is 1.72. The van der Waals surface area contributed by atoms with Gasteiger partial charge < -0.3 is 10.2 Å². The van der Waals surface area contributed by atoms with E-state index in [2.05, 4.69) is 22.1 Å². The topological polar surface area (TPSA) is 71.3 Å². The lowest BCUT2D eigenvalue weighted by molar-refractivity contribution is -0.384. The summed E-state index contributed by atoms with van der Waals surface area (Å²) in [6, 6.07) is 3.53. The zero-order valence-corrected chi connectivity index (χ0v) is 10.7. The van der Waals surface area contributed by atoms with Crippen LogP contribution in [0.25, 0.3) is 0 Å². The molecule has 1 fully saturated rings. The van der Waals surface area contributed by atoms with Gasteiger partial charge in [0.05, 0.1) is 17.1 Å². The highest BCUT2D eigenvalue weighted by Gasteiger charge is 2.30. The van der Waals surface area contributed by atoms with Crippen LogP contribution in [0.15, 0.2) is 12.1 Å². The predicted octanol–water partition coefficient (Wildman–Crippen LogP) is 2.41. The van der Waals surface area contributed by atoms with Crippen molar-refractivity contribution in [3.05, 3.63) is 22.2 Å². The van der Waals surface area contributed by atoms with Gasteiger partial charge >= 0.3 is 0 Å². The van der Waals surface area contributed by atoms with Gasteiger partial charge in [0.2, 0.25) is 0 Å². The van der Waals surface area contributed by atoms with Gasteiger partial charge in [-0.1, -0.05) is 6.92 Å². The summed E-state index contributed by atoms with van der Waals surface area (Å²) < 4.78 is 0. The number of anilines is 2. The van der Waals surface area contributed by atoms with Crippen LogP contribution in [-0.2, 0) is 0 Å². The molecule has 6 nitrogen and oxygen atoms in total. The quantitative estimate of drug-likeness (QED) is 0.620. The zero-order chi connectivity index (χ0) is 13.1. The normalized spacial score (nSPS) is 14.3. The maximum absolute atomic E-state index is 10.9. The number of hydrogen-bond acceptors (Lipinski definition) is 5. The van der Waals surface area contributed by atoms with Crippen molar-refractivity contribution in [3.8, 4) is 0 Å². The van der Waals surface area contributed by atoms with E-state index >= 15 is 0 Å². The van der Waals surface area contributed by atoms with E-state index in [1.54, 1.807) is 13.1 Å². The van der Waals surface area contributed by atoms with Crippen LogP contribution in [0.5, 0.6) is 0 Å². The molecule has 18 heavy (non-hydrogen) atoms. The Morgan fingerprint density at radius 2 is 2.28 bits per heavy atom. The van der Waals surface area contributed by atoms with Gasteiger partial charge in [-0.15, -0.1) is 0 Å². The Labute approximate surface area is 106 Å². The first-order valence-electron chi connectivity index (χ1n) is 6.26. The van der Waals surface area contributed by atoms with Crippen LogP contribution < -0.4 is 10.2 Å². The van der Waals surface area contributed by atoms with Gasteiger partial charge in [-0.25, -0.2) is 4.98 Å². The lowest BCUT2D eigenvalue weighted by Crippen LogP contribution is -2.27. The molecule has 0 unspecified atom stereocenters. The first-order valence-corrected chi connectivity index (χ1v) is 6.26. The summed E-state index contributed by atoms with van der Waals surface area (Å²) in [5.74, 6) is 1.25. The number of aromatic nitrogens is 1. The largest absolute Gasteiger partial charge is 0.373 e. The third-order valence-corrected chi connectivity index (χ3v) is 3.01. The van der Waals surface area contributed by atoms with Gasteiger partial charge in [-0.05, 0) is 19.3 Å². The molecule has 1 aliphatic rings. The van der Waals surface area contributed by atoms with Crippen molar-refractivity contribution in [3.63, 3.8) is 0 Å². The smallest absolute Gasteiger partial charge is 0.276 e. The van der Waals surface area contributed by atoms with Gasteiger partial charge in [0.1, 0.15) is 11.6 Å². The van der Waals surface area contributed by atoms with Gasteiger partial charge in [0, 0.05) is 19.6 Å². The van der Waals surface area contributed by atoms with Crippen molar-refractivity contribution < 1.29 is 4.92 Å². The average Bonchev–Trinajstić information content (AvgIpc) is 3.19. The minimum Gasteiger partial charge on any atom is -0.373 e. The van der Waals surface area contributed by atoms with Crippen LogP contribution in [0.1, 0.15) is 26.2 Å². The van der Waals surface area contributed by atoms with E-state index in [4.69, 9.17) is 0 Å². The molecule has 0 aromatic carbocycles. The second kappa shape index (κ2) is 5.20. The predicted molar refractivity (Wildman–Crippen MR) is 71.1 cm³/mol. The molecule has 0 aliphatic heterocycles. The molecule has 1 aliphatic carbocycles. The number of nitrogens with zero attached hydrogens (tertiary/aromatic N) is 3. The summed E-state index contributed by atoms with van der Waals surface area (Å²) >= 11 is 0.